The summed E-state index contributed by atoms with van der Waals surface area (Å²) in [6, 6.07) is 53.0. The Kier molecular flexibility index (Phi) is 8.51. The molecule has 0 saturated carbocycles. The summed E-state index contributed by atoms with van der Waals surface area (Å²) < 4.78 is 4.90. The van der Waals surface area contributed by atoms with E-state index in [2.05, 4.69) is 166 Å². The van der Waals surface area contributed by atoms with E-state index in [1.807, 2.05) is 36.4 Å². The van der Waals surface area contributed by atoms with Gasteiger partial charge in [-0.25, -0.2) is 4.98 Å². The number of pyridine rings is 1. The second-order valence-corrected chi connectivity index (χ2v) is 17.7. The van der Waals surface area contributed by atoms with Crippen LogP contribution in [0.3, 0.4) is 0 Å². The molecule has 61 heavy (non-hydrogen) atoms. The fourth-order valence-electron chi connectivity index (χ4n) is 11.2. The van der Waals surface area contributed by atoms with Gasteiger partial charge in [0.1, 0.15) is 0 Å². The molecule has 6 aromatic carbocycles. The zero-order chi connectivity index (χ0) is 41.6. The predicted molar refractivity (Wildman–Crippen MR) is 250 cm³/mol. The first-order valence-corrected chi connectivity index (χ1v) is 22.0. The third kappa shape index (κ3) is 5.45. The average molecular weight is 793 g/mol. The molecule has 11 rings (SSSR count). The zero-order valence-electron chi connectivity index (χ0n) is 35.9. The first-order chi connectivity index (χ1) is 29.7. The van der Waals surface area contributed by atoms with Crippen LogP contribution in [0, 0.1) is 6.92 Å². The van der Waals surface area contributed by atoms with Gasteiger partial charge in [0.15, 0.2) is 23.4 Å². The van der Waals surface area contributed by atoms with Crippen LogP contribution in [0.1, 0.15) is 82.1 Å². The Morgan fingerprint density at radius 1 is 0.557 bits per heavy atom. The van der Waals surface area contributed by atoms with Crippen LogP contribution in [0.4, 0.5) is 0 Å². The molecule has 1 aliphatic heterocycles. The van der Waals surface area contributed by atoms with E-state index in [0.717, 1.165) is 41.4 Å². The summed E-state index contributed by atoms with van der Waals surface area (Å²) in [6.07, 6.45) is 5.62. The van der Waals surface area contributed by atoms with Crippen molar-refractivity contribution >= 4 is 21.8 Å². The Balaban J connectivity index is 1.17. The Morgan fingerprint density at radius 2 is 1.20 bits per heavy atom. The van der Waals surface area contributed by atoms with Crippen molar-refractivity contribution in [3.05, 3.63) is 174 Å². The number of hydrogen-bond acceptors (Lipinski definition) is 3. The molecule has 298 valence electrons. The van der Waals surface area contributed by atoms with E-state index in [-0.39, 0.29) is 11.0 Å². The normalized spacial score (nSPS) is 15.7. The molecule has 0 spiro atoms. The van der Waals surface area contributed by atoms with Crippen molar-refractivity contribution < 1.29 is 4.57 Å². The van der Waals surface area contributed by atoms with Gasteiger partial charge in [0.25, 0.3) is 0 Å². The summed E-state index contributed by atoms with van der Waals surface area (Å²) in [5, 5.41) is 2.36. The summed E-state index contributed by atoms with van der Waals surface area (Å²) >= 11 is 0. The summed E-state index contributed by atoms with van der Waals surface area (Å²) in [5.41, 5.74) is 17.1. The summed E-state index contributed by atoms with van der Waals surface area (Å²) in [4.78, 5) is 15.6. The standard InChI is InChI=1S/C56H50N5/c1-7-46-41-28-26-38(32-45(41)51-35(4)19-18-30-60(51)56(46,8-2)9-3)39-27-29-49-43(31-39)44-33-42-40-24-16-17-25-47(40)55(5,6)48(42)34-50(44)61(49)54-58-52(36-20-12-10-13-21-36)57-53(59-54)37-22-14-11-15-23-37/h10-34,46H,7-9H2,1-6H3/q+1. The Bertz CT molecular complexity index is 3130. The van der Waals surface area contributed by atoms with Gasteiger partial charge in [-0.05, 0) is 88.7 Å². The molecule has 0 N–H and O–H groups in total. The van der Waals surface area contributed by atoms with Crippen LogP contribution in [0.5, 0.6) is 0 Å². The van der Waals surface area contributed by atoms with E-state index in [1.165, 1.54) is 66.5 Å². The van der Waals surface area contributed by atoms with Gasteiger partial charge in [0, 0.05) is 57.7 Å². The molecule has 5 nitrogen and oxygen atoms in total. The first-order valence-electron chi connectivity index (χ1n) is 22.0. The summed E-state index contributed by atoms with van der Waals surface area (Å²) in [7, 11) is 0. The molecule has 0 radical (unpaired) electrons. The maximum Gasteiger partial charge on any atom is 0.238 e. The van der Waals surface area contributed by atoms with Crippen molar-refractivity contribution in [1.29, 1.82) is 0 Å². The minimum atomic E-state index is -0.172. The molecular formula is C56H50N5+. The van der Waals surface area contributed by atoms with Crippen molar-refractivity contribution in [1.82, 2.24) is 19.5 Å². The maximum atomic E-state index is 5.28. The van der Waals surface area contributed by atoms with Gasteiger partial charge in [-0.1, -0.05) is 138 Å². The van der Waals surface area contributed by atoms with Crippen LogP contribution in [-0.2, 0) is 11.0 Å². The second-order valence-electron chi connectivity index (χ2n) is 17.7. The third-order valence-electron chi connectivity index (χ3n) is 14.3. The number of aromatic nitrogens is 5. The minimum absolute atomic E-state index is 0.0502. The van der Waals surface area contributed by atoms with Gasteiger partial charge < -0.3 is 0 Å². The first kappa shape index (κ1) is 37.3. The topological polar surface area (TPSA) is 47.5 Å². The quantitative estimate of drug-likeness (QED) is 0.151. The fraction of sp³-hybridized carbons (Fsp3) is 0.214. The number of fused-ring (bicyclic) bond motifs is 9. The second kappa shape index (κ2) is 13.9. The van der Waals surface area contributed by atoms with Gasteiger partial charge in [0.2, 0.25) is 11.6 Å². The number of aryl methyl sites for hydroxylation is 1. The highest BCUT2D eigenvalue weighted by atomic mass is 15.2. The monoisotopic (exact) mass is 792 g/mol. The van der Waals surface area contributed by atoms with Crippen molar-refractivity contribution in [2.24, 2.45) is 0 Å². The van der Waals surface area contributed by atoms with Gasteiger partial charge in [-0.2, -0.15) is 14.5 Å². The van der Waals surface area contributed by atoms with Crippen LogP contribution >= 0.6 is 0 Å². The van der Waals surface area contributed by atoms with Crippen LogP contribution < -0.4 is 4.57 Å². The molecule has 1 aliphatic carbocycles. The highest BCUT2D eigenvalue weighted by Crippen LogP contribution is 2.52. The molecule has 4 heterocycles. The van der Waals surface area contributed by atoms with Gasteiger partial charge in [0.05, 0.1) is 16.6 Å². The molecule has 9 aromatic rings. The Hall–Kier alpha value is -6.72. The summed E-state index contributed by atoms with van der Waals surface area (Å²) in [6.45, 7) is 14.1. The van der Waals surface area contributed by atoms with Gasteiger partial charge in [-0.15, -0.1) is 0 Å². The largest absolute Gasteiger partial charge is 0.278 e. The maximum absolute atomic E-state index is 5.28. The van der Waals surface area contributed by atoms with Gasteiger partial charge >= 0.3 is 0 Å². The molecule has 1 unspecified atom stereocenters. The molecule has 1 atom stereocenters. The van der Waals surface area contributed by atoms with Gasteiger partial charge in [-0.3, -0.25) is 4.57 Å². The van der Waals surface area contributed by atoms with Crippen LogP contribution in [0.15, 0.2) is 152 Å². The number of nitrogens with zero attached hydrogens (tertiary/aromatic N) is 5. The molecular weight excluding hydrogens is 743 g/mol. The molecule has 2 aliphatic rings. The lowest BCUT2D eigenvalue weighted by Crippen LogP contribution is -2.62. The number of hydrogen-bond donors (Lipinski definition) is 0. The SMILES string of the molecule is CCC1c2ccc(-c3ccc4c(c3)c3cc5c(cc3n4-c3nc(-c4ccccc4)nc(-c4ccccc4)n3)C(C)(C)c3ccccc3-5)cc2-c2c(C)ccc[n+]2C1(CC)CC. The molecule has 3 aromatic heterocycles. The third-order valence-corrected chi connectivity index (χ3v) is 14.3. The van der Waals surface area contributed by atoms with E-state index < -0.39 is 0 Å². The van der Waals surface area contributed by atoms with Crippen LogP contribution in [-0.4, -0.2) is 19.5 Å². The molecule has 5 heteroatoms. The average Bonchev–Trinajstić information content (AvgIpc) is 3.75. The highest BCUT2D eigenvalue weighted by Gasteiger charge is 2.50. The van der Waals surface area contributed by atoms with Crippen molar-refractivity contribution in [3.63, 3.8) is 0 Å². The lowest BCUT2D eigenvalue weighted by molar-refractivity contribution is -0.763. The Labute approximate surface area is 358 Å². The van der Waals surface area contributed by atoms with E-state index in [4.69, 9.17) is 15.0 Å². The summed E-state index contributed by atoms with van der Waals surface area (Å²) in [5.74, 6) is 2.33. The van der Waals surface area contributed by atoms with Crippen molar-refractivity contribution in [2.45, 2.75) is 77.7 Å². The number of rotatable bonds is 7. The lowest BCUT2D eigenvalue weighted by Gasteiger charge is -2.40. The van der Waals surface area contributed by atoms with Crippen molar-refractivity contribution in [2.75, 3.05) is 0 Å². The molecule has 0 bridgehead atoms. The zero-order valence-corrected chi connectivity index (χ0v) is 35.9. The van der Waals surface area contributed by atoms with Crippen LogP contribution in [0.2, 0.25) is 0 Å². The molecule has 0 fully saturated rings. The van der Waals surface area contributed by atoms with E-state index in [0.29, 0.717) is 23.5 Å². The molecule has 0 amide bonds. The fourth-order valence-corrected chi connectivity index (χ4v) is 11.2. The number of benzene rings is 6. The smallest absolute Gasteiger partial charge is 0.238 e. The van der Waals surface area contributed by atoms with E-state index in [9.17, 15) is 0 Å². The van der Waals surface area contributed by atoms with E-state index >= 15 is 0 Å². The van der Waals surface area contributed by atoms with E-state index in [1.54, 1.807) is 0 Å². The highest BCUT2D eigenvalue weighted by molar-refractivity contribution is 6.12. The van der Waals surface area contributed by atoms with Crippen molar-refractivity contribution in [3.8, 4) is 62.2 Å². The lowest BCUT2D eigenvalue weighted by atomic mass is 9.68. The molecule has 0 saturated heterocycles. The Morgan fingerprint density at radius 3 is 1.89 bits per heavy atom. The minimum Gasteiger partial charge on any atom is -0.278 e. The van der Waals surface area contributed by atoms with Crippen LogP contribution in [0.25, 0.3) is 84.0 Å². The predicted octanol–water partition coefficient (Wildman–Crippen LogP) is 13.6.